The van der Waals surface area contributed by atoms with Crippen molar-refractivity contribution >= 4 is 34.7 Å². The van der Waals surface area contributed by atoms with E-state index >= 15 is 0 Å². The summed E-state index contributed by atoms with van der Waals surface area (Å²) >= 11 is 6.11. The predicted octanol–water partition coefficient (Wildman–Crippen LogP) is 2.87. The minimum Gasteiger partial charge on any atom is -0.497 e. The summed E-state index contributed by atoms with van der Waals surface area (Å²) < 4.78 is 6.35. The lowest BCUT2D eigenvalue weighted by molar-refractivity contribution is -0.117. The molecule has 0 aliphatic carbocycles. The van der Waals surface area contributed by atoms with Crippen LogP contribution in [-0.4, -0.2) is 49.0 Å². The van der Waals surface area contributed by atoms with Crippen molar-refractivity contribution in [2.75, 3.05) is 48.4 Å². The van der Waals surface area contributed by atoms with E-state index in [1.165, 1.54) is 10.7 Å². The van der Waals surface area contributed by atoms with Gasteiger partial charge in [-0.15, -0.1) is 0 Å². The van der Waals surface area contributed by atoms with Crippen molar-refractivity contribution in [3.63, 3.8) is 0 Å². The Bertz CT molecular complexity index is 1160. The van der Waals surface area contributed by atoms with Crippen LogP contribution in [0.2, 0.25) is 5.02 Å². The number of hydrogen-bond donors (Lipinski definition) is 1. The van der Waals surface area contributed by atoms with E-state index in [0.29, 0.717) is 22.3 Å². The van der Waals surface area contributed by atoms with Crippen LogP contribution < -0.4 is 25.4 Å². The first-order chi connectivity index (χ1) is 15.5. The number of carbonyl (C=O) groups is 1. The minimum absolute atomic E-state index is 0.174. The van der Waals surface area contributed by atoms with Crippen molar-refractivity contribution in [2.45, 2.75) is 6.54 Å². The van der Waals surface area contributed by atoms with Crippen molar-refractivity contribution in [1.29, 1.82) is 0 Å². The van der Waals surface area contributed by atoms with Crippen LogP contribution in [0.4, 0.5) is 17.2 Å². The molecule has 4 rings (SSSR count). The Balaban J connectivity index is 1.40. The fourth-order valence-electron chi connectivity index (χ4n) is 3.62. The molecule has 0 saturated carbocycles. The molecule has 1 N–H and O–H groups in total. The summed E-state index contributed by atoms with van der Waals surface area (Å²) in [5, 5.41) is 7.91. The van der Waals surface area contributed by atoms with Crippen molar-refractivity contribution in [1.82, 2.24) is 9.78 Å². The maximum atomic E-state index is 12.5. The van der Waals surface area contributed by atoms with Crippen molar-refractivity contribution in [3.05, 3.63) is 76.0 Å². The van der Waals surface area contributed by atoms with Crippen LogP contribution in [0.25, 0.3) is 0 Å². The molecule has 0 radical (unpaired) electrons. The van der Waals surface area contributed by atoms with E-state index < -0.39 is 0 Å². The minimum atomic E-state index is -0.337. The van der Waals surface area contributed by atoms with E-state index in [1.807, 2.05) is 24.3 Å². The van der Waals surface area contributed by atoms with E-state index in [4.69, 9.17) is 16.3 Å². The third kappa shape index (κ3) is 5.20. The average Bonchev–Trinajstić information content (AvgIpc) is 2.81. The van der Waals surface area contributed by atoms with Gasteiger partial charge in [0.15, 0.2) is 0 Å². The van der Waals surface area contributed by atoms with E-state index in [-0.39, 0.29) is 18.0 Å². The first kappa shape index (κ1) is 21.7. The lowest BCUT2D eigenvalue weighted by atomic mass is 10.2. The second-order valence-electron chi connectivity index (χ2n) is 7.42. The van der Waals surface area contributed by atoms with Crippen LogP contribution in [0.3, 0.4) is 0 Å². The Morgan fingerprint density at radius 2 is 1.78 bits per heavy atom. The highest BCUT2D eigenvalue weighted by Crippen LogP contribution is 2.22. The second kappa shape index (κ2) is 9.74. The Hall–Kier alpha value is -3.52. The van der Waals surface area contributed by atoms with Gasteiger partial charge in [0, 0.05) is 54.7 Å². The highest BCUT2D eigenvalue weighted by molar-refractivity contribution is 6.30. The topological polar surface area (TPSA) is 79.7 Å². The van der Waals surface area contributed by atoms with Gasteiger partial charge in [-0.1, -0.05) is 23.7 Å². The van der Waals surface area contributed by atoms with E-state index in [1.54, 1.807) is 37.4 Å². The molecule has 3 aromatic rings. The summed E-state index contributed by atoms with van der Waals surface area (Å²) in [6, 6.07) is 18.0. The Morgan fingerprint density at radius 1 is 1.03 bits per heavy atom. The van der Waals surface area contributed by atoms with Gasteiger partial charge in [-0.3, -0.25) is 9.59 Å². The fraction of sp³-hybridized carbons (Fsp3) is 0.261. The normalized spacial score (nSPS) is 13.7. The third-order valence-electron chi connectivity index (χ3n) is 5.28. The number of benzene rings is 2. The molecule has 166 valence electrons. The van der Waals surface area contributed by atoms with Crippen LogP contribution in [0.15, 0.2) is 65.5 Å². The molecule has 1 aliphatic rings. The number of nitrogens with zero attached hydrogens (tertiary/aromatic N) is 4. The molecule has 1 fully saturated rings. The smallest absolute Gasteiger partial charge is 0.267 e. The van der Waals surface area contributed by atoms with Crippen molar-refractivity contribution < 1.29 is 9.53 Å². The number of amides is 1. The number of halogens is 1. The van der Waals surface area contributed by atoms with E-state index in [9.17, 15) is 9.59 Å². The maximum absolute atomic E-state index is 12.5. The van der Waals surface area contributed by atoms with Crippen LogP contribution in [0.5, 0.6) is 5.75 Å². The highest BCUT2D eigenvalue weighted by atomic mass is 35.5. The molecule has 32 heavy (non-hydrogen) atoms. The molecule has 1 aromatic heterocycles. The Labute approximate surface area is 191 Å². The molecule has 0 bridgehead atoms. The summed E-state index contributed by atoms with van der Waals surface area (Å²) in [5.74, 6) is 0.970. The summed E-state index contributed by atoms with van der Waals surface area (Å²) in [4.78, 5) is 29.1. The van der Waals surface area contributed by atoms with Gasteiger partial charge < -0.3 is 19.9 Å². The number of anilines is 3. The van der Waals surface area contributed by atoms with Crippen LogP contribution in [-0.2, 0) is 11.3 Å². The largest absolute Gasteiger partial charge is 0.497 e. The molecule has 1 amide bonds. The van der Waals surface area contributed by atoms with Gasteiger partial charge in [-0.2, -0.15) is 5.10 Å². The number of nitrogens with one attached hydrogen (secondary N) is 1. The van der Waals surface area contributed by atoms with Crippen LogP contribution >= 0.6 is 11.6 Å². The van der Waals surface area contributed by atoms with Gasteiger partial charge in [-0.05, 0) is 36.4 Å². The van der Waals surface area contributed by atoms with Gasteiger partial charge in [0.2, 0.25) is 5.91 Å². The molecular weight excluding hydrogens is 430 g/mol. The number of ether oxygens (including phenoxy) is 1. The third-order valence-corrected chi connectivity index (χ3v) is 5.51. The van der Waals surface area contributed by atoms with Gasteiger partial charge >= 0.3 is 0 Å². The molecule has 2 aromatic carbocycles. The maximum Gasteiger partial charge on any atom is 0.267 e. The first-order valence-corrected chi connectivity index (χ1v) is 10.7. The molecule has 0 atom stereocenters. The number of hydrogen-bond acceptors (Lipinski definition) is 6. The SMILES string of the molecule is COc1cccc(NC(=O)Cn2nc(N3CCN(c4cccc(Cl)c4)CC3)ccc2=O)c1. The quantitative estimate of drug-likeness (QED) is 0.618. The van der Waals surface area contributed by atoms with Crippen molar-refractivity contribution in [3.8, 4) is 5.75 Å². The van der Waals surface area contributed by atoms with Crippen LogP contribution in [0.1, 0.15) is 0 Å². The average molecular weight is 454 g/mol. The molecule has 1 aliphatic heterocycles. The zero-order valence-electron chi connectivity index (χ0n) is 17.7. The molecule has 8 nitrogen and oxygen atoms in total. The Kier molecular flexibility index (Phi) is 6.61. The highest BCUT2D eigenvalue weighted by Gasteiger charge is 2.19. The number of methoxy groups -OCH3 is 1. The second-order valence-corrected chi connectivity index (χ2v) is 7.86. The van der Waals surface area contributed by atoms with Gasteiger partial charge in [0.1, 0.15) is 18.1 Å². The molecule has 0 unspecified atom stereocenters. The molecule has 0 spiro atoms. The lowest BCUT2D eigenvalue weighted by Gasteiger charge is -2.36. The first-order valence-electron chi connectivity index (χ1n) is 10.3. The monoisotopic (exact) mass is 453 g/mol. The zero-order chi connectivity index (χ0) is 22.5. The van der Waals surface area contributed by atoms with Crippen molar-refractivity contribution in [2.24, 2.45) is 0 Å². The van der Waals surface area contributed by atoms with E-state index in [2.05, 4.69) is 20.2 Å². The van der Waals surface area contributed by atoms with E-state index in [0.717, 1.165) is 31.9 Å². The predicted molar refractivity (Wildman–Crippen MR) is 126 cm³/mol. The molecule has 9 heteroatoms. The fourth-order valence-corrected chi connectivity index (χ4v) is 3.81. The summed E-state index contributed by atoms with van der Waals surface area (Å²) in [6.07, 6.45) is 0. The number of rotatable bonds is 6. The van der Waals surface area contributed by atoms with Gasteiger partial charge in [0.25, 0.3) is 5.56 Å². The summed E-state index contributed by atoms with van der Waals surface area (Å²) in [5.41, 5.74) is 1.35. The number of aromatic nitrogens is 2. The summed E-state index contributed by atoms with van der Waals surface area (Å²) in [7, 11) is 1.56. The molecular formula is C23H24ClN5O3. The van der Waals surface area contributed by atoms with Crippen LogP contribution in [0, 0.1) is 0 Å². The van der Waals surface area contributed by atoms with Gasteiger partial charge in [-0.25, -0.2) is 4.68 Å². The standard InChI is InChI=1S/C23H24ClN5O3/c1-32-20-7-3-5-18(15-20)25-22(30)16-29-23(31)9-8-21(26-29)28-12-10-27(11-13-28)19-6-2-4-17(24)14-19/h2-9,14-15H,10-13,16H2,1H3,(H,25,30). The molecule has 2 heterocycles. The van der Waals surface area contributed by atoms with Gasteiger partial charge in [0.05, 0.1) is 7.11 Å². The summed E-state index contributed by atoms with van der Waals surface area (Å²) in [6.45, 7) is 2.92. The Morgan fingerprint density at radius 3 is 2.53 bits per heavy atom. The number of carbonyl (C=O) groups excluding carboxylic acids is 1. The number of piperazine rings is 1. The lowest BCUT2D eigenvalue weighted by Crippen LogP contribution is -2.47. The molecule has 1 saturated heterocycles. The zero-order valence-corrected chi connectivity index (χ0v) is 18.5.